The molecule has 0 heterocycles. The molecule has 6 heteroatoms. The van der Waals surface area contributed by atoms with Crippen molar-refractivity contribution < 1.29 is 19.8 Å². The van der Waals surface area contributed by atoms with Gasteiger partial charge in [-0.05, 0) is 27.7 Å². The zero-order valence-corrected chi connectivity index (χ0v) is 10.8. The molecule has 4 N–H and O–H groups in total. The van der Waals surface area contributed by atoms with Gasteiger partial charge >= 0.3 is 11.9 Å². The van der Waals surface area contributed by atoms with E-state index in [1.165, 1.54) is 11.8 Å². The number of carboxylic acids is 2. The molecule has 16 heavy (non-hydrogen) atoms. The molecular formula is C10H19NO4S. The average Bonchev–Trinajstić information content (AvgIpc) is 2.13. The third-order valence-electron chi connectivity index (χ3n) is 2.40. The molecule has 0 spiro atoms. The van der Waals surface area contributed by atoms with Crippen LogP contribution in [0.25, 0.3) is 0 Å². The topological polar surface area (TPSA) is 101 Å². The van der Waals surface area contributed by atoms with Crippen LogP contribution in [0.1, 0.15) is 27.7 Å². The maximum absolute atomic E-state index is 10.9. The van der Waals surface area contributed by atoms with Crippen LogP contribution in [-0.4, -0.2) is 38.7 Å². The van der Waals surface area contributed by atoms with Gasteiger partial charge in [-0.1, -0.05) is 0 Å². The number of aliphatic carboxylic acids is 2. The van der Waals surface area contributed by atoms with Crippen LogP contribution < -0.4 is 5.73 Å². The maximum atomic E-state index is 10.9. The summed E-state index contributed by atoms with van der Waals surface area (Å²) >= 11 is 1.26. The minimum Gasteiger partial charge on any atom is -0.481 e. The molecule has 0 saturated heterocycles. The van der Waals surface area contributed by atoms with Gasteiger partial charge in [0.15, 0.2) is 0 Å². The van der Waals surface area contributed by atoms with E-state index in [1.807, 2.05) is 0 Å². The van der Waals surface area contributed by atoms with Crippen molar-refractivity contribution in [1.82, 2.24) is 0 Å². The summed E-state index contributed by atoms with van der Waals surface area (Å²) in [6.07, 6.45) is 0. The lowest BCUT2D eigenvalue weighted by molar-refractivity contribution is -0.145. The molecule has 0 aromatic carbocycles. The van der Waals surface area contributed by atoms with Crippen molar-refractivity contribution in [3.63, 3.8) is 0 Å². The molecule has 0 aliphatic heterocycles. The summed E-state index contributed by atoms with van der Waals surface area (Å²) in [6, 6.07) is -1.01. The summed E-state index contributed by atoms with van der Waals surface area (Å²) in [4.78, 5) is 21.6. The number of rotatable bonds is 6. The predicted octanol–water partition coefficient (Wildman–Crippen LogP) is 1.02. The molecule has 5 nitrogen and oxygen atoms in total. The Morgan fingerprint density at radius 3 is 2.00 bits per heavy atom. The minimum atomic E-state index is -1.08. The number of carboxylic acid groups (broad SMARTS) is 2. The summed E-state index contributed by atoms with van der Waals surface area (Å²) in [5.74, 6) is -1.67. The molecule has 0 aliphatic carbocycles. The number of hydrogen-bond acceptors (Lipinski definition) is 4. The van der Waals surface area contributed by atoms with E-state index >= 15 is 0 Å². The second-order valence-corrected chi connectivity index (χ2v) is 6.53. The van der Waals surface area contributed by atoms with E-state index < -0.39 is 28.1 Å². The van der Waals surface area contributed by atoms with Crippen LogP contribution in [0.2, 0.25) is 0 Å². The molecule has 0 aromatic heterocycles. The van der Waals surface area contributed by atoms with E-state index in [2.05, 4.69) is 0 Å². The molecule has 1 atom stereocenters. The van der Waals surface area contributed by atoms with Crippen LogP contribution in [0.3, 0.4) is 0 Å². The van der Waals surface area contributed by atoms with E-state index in [9.17, 15) is 9.59 Å². The van der Waals surface area contributed by atoms with Crippen LogP contribution in [-0.2, 0) is 9.59 Å². The molecule has 0 amide bonds. The van der Waals surface area contributed by atoms with Gasteiger partial charge in [0, 0.05) is 10.5 Å². The highest BCUT2D eigenvalue weighted by molar-refractivity contribution is 8.00. The fourth-order valence-electron chi connectivity index (χ4n) is 0.815. The Balaban J connectivity index is 4.51. The summed E-state index contributed by atoms with van der Waals surface area (Å²) in [5.41, 5.74) is 4.64. The first kappa shape index (κ1) is 15.2. The van der Waals surface area contributed by atoms with Gasteiger partial charge in [-0.2, -0.15) is 11.8 Å². The van der Waals surface area contributed by atoms with Crippen molar-refractivity contribution in [2.24, 2.45) is 11.1 Å². The fourth-order valence-corrected chi connectivity index (χ4v) is 1.95. The zero-order chi connectivity index (χ0) is 13.1. The molecule has 0 aliphatic rings. The molecule has 0 saturated carbocycles. The molecule has 94 valence electrons. The van der Waals surface area contributed by atoms with E-state index in [0.29, 0.717) is 5.75 Å². The fraction of sp³-hybridized carbons (Fsp3) is 0.800. The van der Waals surface area contributed by atoms with Gasteiger partial charge in [0.2, 0.25) is 0 Å². The van der Waals surface area contributed by atoms with Gasteiger partial charge in [0.25, 0.3) is 0 Å². The Morgan fingerprint density at radius 2 is 1.69 bits per heavy atom. The van der Waals surface area contributed by atoms with Crippen LogP contribution in [0.5, 0.6) is 0 Å². The lowest BCUT2D eigenvalue weighted by Gasteiger charge is -2.31. The van der Waals surface area contributed by atoms with Crippen molar-refractivity contribution in [2.75, 3.05) is 5.75 Å². The lowest BCUT2D eigenvalue weighted by Crippen LogP contribution is -2.47. The second kappa shape index (κ2) is 5.05. The smallest absolute Gasteiger partial charge is 0.321 e. The highest BCUT2D eigenvalue weighted by atomic mass is 32.2. The Bertz CT molecular complexity index is 289. The first-order valence-corrected chi connectivity index (χ1v) is 5.85. The first-order valence-electron chi connectivity index (χ1n) is 4.86. The Hall–Kier alpha value is -0.750. The van der Waals surface area contributed by atoms with Crippen LogP contribution in [0, 0.1) is 5.41 Å². The molecule has 0 radical (unpaired) electrons. The molecule has 0 rings (SSSR count). The summed E-state index contributed by atoms with van der Waals surface area (Å²) in [5, 5.41) is 17.7. The molecule has 0 bridgehead atoms. The Morgan fingerprint density at radius 1 is 1.25 bits per heavy atom. The van der Waals surface area contributed by atoms with E-state index in [4.69, 9.17) is 15.9 Å². The molecule has 0 fully saturated rings. The number of thioether (sulfide) groups is 1. The van der Waals surface area contributed by atoms with Gasteiger partial charge < -0.3 is 15.9 Å². The van der Waals surface area contributed by atoms with Crippen LogP contribution >= 0.6 is 11.8 Å². The monoisotopic (exact) mass is 249 g/mol. The minimum absolute atomic E-state index is 0.316. The van der Waals surface area contributed by atoms with E-state index in [-0.39, 0.29) is 0 Å². The zero-order valence-electron chi connectivity index (χ0n) is 9.98. The number of carbonyl (C=O) groups is 2. The largest absolute Gasteiger partial charge is 0.481 e. The number of hydrogen-bond donors (Lipinski definition) is 3. The quantitative estimate of drug-likeness (QED) is 0.649. The van der Waals surface area contributed by atoms with Crippen molar-refractivity contribution >= 4 is 23.7 Å². The summed E-state index contributed by atoms with van der Waals surface area (Å²) in [7, 11) is 0. The van der Waals surface area contributed by atoms with Crippen molar-refractivity contribution in [3.05, 3.63) is 0 Å². The summed E-state index contributed by atoms with van der Waals surface area (Å²) in [6.45, 7) is 6.61. The second-order valence-electron chi connectivity index (χ2n) is 4.90. The standard InChI is InChI=1S/C10H19NO4S/c1-9(2,8(14)15)5-16-10(3,4)6(11)7(12)13/h6H,5,11H2,1-4H3,(H,12,13)(H,14,15)/t6-/m1/s1. The van der Waals surface area contributed by atoms with Gasteiger partial charge in [-0.15, -0.1) is 0 Å². The highest BCUT2D eigenvalue weighted by Crippen LogP contribution is 2.33. The third kappa shape index (κ3) is 4.02. The normalized spacial score (nSPS) is 14.6. The van der Waals surface area contributed by atoms with Gasteiger partial charge in [-0.25, -0.2) is 0 Å². The van der Waals surface area contributed by atoms with Gasteiger partial charge in [0.05, 0.1) is 5.41 Å². The number of nitrogens with two attached hydrogens (primary N) is 1. The average molecular weight is 249 g/mol. The van der Waals surface area contributed by atoms with Crippen molar-refractivity contribution in [1.29, 1.82) is 0 Å². The Kier molecular flexibility index (Phi) is 4.82. The van der Waals surface area contributed by atoms with Crippen LogP contribution in [0.15, 0.2) is 0 Å². The van der Waals surface area contributed by atoms with Crippen molar-refractivity contribution in [2.45, 2.75) is 38.5 Å². The predicted molar refractivity (Wildman–Crippen MR) is 63.6 cm³/mol. The maximum Gasteiger partial charge on any atom is 0.321 e. The molecule has 0 aromatic rings. The SMILES string of the molecule is CC(C)(CSC(C)(C)[C@H](N)C(=O)O)C(=O)O. The van der Waals surface area contributed by atoms with E-state index in [1.54, 1.807) is 27.7 Å². The van der Waals surface area contributed by atoms with E-state index in [0.717, 1.165) is 0 Å². The van der Waals surface area contributed by atoms with Crippen LogP contribution in [0.4, 0.5) is 0 Å². The first-order chi connectivity index (χ1) is 7.00. The lowest BCUT2D eigenvalue weighted by atomic mass is 9.97. The highest BCUT2D eigenvalue weighted by Gasteiger charge is 2.36. The third-order valence-corrected chi connectivity index (χ3v) is 4.26. The van der Waals surface area contributed by atoms with Crippen molar-refractivity contribution in [3.8, 4) is 0 Å². The summed E-state index contributed by atoms with van der Waals surface area (Å²) < 4.78 is -0.696. The van der Waals surface area contributed by atoms with Gasteiger partial charge in [0.1, 0.15) is 6.04 Å². The van der Waals surface area contributed by atoms with Gasteiger partial charge in [-0.3, -0.25) is 9.59 Å². The Labute approximate surface area is 99.4 Å². The molecular weight excluding hydrogens is 230 g/mol. The molecule has 0 unspecified atom stereocenters.